The van der Waals surface area contributed by atoms with Crippen molar-refractivity contribution in [2.45, 2.75) is 25.8 Å². The average Bonchev–Trinajstić information content (AvgIpc) is 2.36. The molecule has 0 unspecified atom stereocenters. The molecule has 0 aliphatic carbocycles. The van der Waals surface area contributed by atoms with Gasteiger partial charge in [0, 0.05) is 41.1 Å². The maximum Gasteiger partial charge on any atom is 0.500 e. The molecule has 0 spiro atoms. The van der Waals surface area contributed by atoms with Gasteiger partial charge < -0.3 is 18.0 Å². The third-order valence-corrected chi connectivity index (χ3v) is 4.89. The Morgan fingerprint density at radius 1 is 1.06 bits per heavy atom. The van der Waals surface area contributed by atoms with Crippen molar-refractivity contribution in [1.29, 1.82) is 0 Å². The lowest BCUT2D eigenvalue weighted by Gasteiger charge is -2.23. The van der Waals surface area contributed by atoms with Crippen molar-refractivity contribution in [3.8, 4) is 0 Å². The minimum atomic E-state index is -2.33. The molecule has 0 atom stereocenters. The van der Waals surface area contributed by atoms with Crippen LogP contribution in [0.15, 0.2) is 12.7 Å². The van der Waals surface area contributed by atoms with E-state index in [4.69, 9.17) is 18.0 Å². The van der Waals surface area contributed by atoms with Crippen LogP contribution < -0.4 is 0 Å². The second-order valence-electron chi connectivity index (χ2n) is 3.09. The maximum absolute atomic E-state index is 5.22. The zero-order valence-corrected chi connectivity index (χ0v) is 12.2. The number of rotatable bonds is 8. The summed E-state index contributed by atoms with van der Waals surface area (Å²) in [7, 11) is 4.19. The van der Waals surface area contributed by atoms with Crippen molar-refractivity contribution < 1.29 is 18.0 Å². The van der Waals surface area contributed by atoms with Gasteiger partial charge in [-0.2, -0.15) is 0 Å². The fourth-order valence-corrected chi connectivity index (χ4v) is 2.68. The van der Waals surface area contributed by atoms with E-state index in [1.165, 1.54) is 0 Å². The van der Waals surface area contributed by atoms with Crippen LogP contribution in [-0.4, -0.2) is 43.9 Å². The molecule has 0 aliphatic heterocycles. The monoisotopic (exact) mass is 250 g/mol. The van der Waals surface area contributed by atoms with E-state index in [0.29, 0.717) is 6.61 Å². The molecule has 5 heteroatoms. The normalized spacial score (nSPS) is 10.6. The van der Waals surface area contributed by atoms with Gasteiger partial charge in [0.15, 0.2) is 0 Å². The van der Waals surface area contributed by atoms with Crippen LogP contribution in [0.1, 0.15) is 19.8 Å². The third-order valence-electron chi connectivity index (χ3n) is 2.05. The molecule has 0 amide bonds. The highest BCUT2D eigenvalue weighted by Gasteiger charge is 2.36. The quantitative estimate of drug-likeness (QED) is 0.377. The van der Waals surface area contributed by atoms with E-state index in [2.05, 4.69) is 13.5 Å². The molecule has 0 aromatic carbocycles. The van der Waals surface area contributed by atoms with Crippen molar-refractivity contribution in [1.82, 2.24) is 0 Å². The molecule has 0 aliphatic rings. The number of allylic oxidation sites excluding steroid dienone is 1. The van der Waals surface area contributed by atoms with Crippen molar-refractivity contribution in [2.24, 2.45) is 0 Å². The van der Waals surface area contributed by atoms with E-state index in [9.17, 15) is 0 Å². The Morgan fingerprint density at radius 2 is 1.50 bits per heavy atom. The van der Waals surface area contributed by atoms with Crippen molar-refractivity contribution >= 4 is 8.80 Å². The van der Waals surface area contributed by atoms with Crippen LogP contribution in [0.2, 0.25) is 6.04 Å². The molecule has 0 radical (unpaired) electrons. The average molecular weight is 250 g/mol. The lowest BCUT2D eigenvalue weighted by Crippen LogP contribution is -2.42. The molecule has 0 fully saturated rings. The smallest absolute Gasteiger partial charge is 0.385 e. The van der Waals surface area contributed by atoms with Crippen LogP contribution in [0.5, 0.6) is 0 Å². The van der Waals surface area contributed by atoms with Crippen LogP contribution in [0.4, 0.5) is 0 Å². The Balaban J connectivity index is 0. The summed E-state index contributed by atoms with van der Waals surface area (Å²) in [6, 6.07) is 0.796. The van der Waals surface area contributed by atoms with Crippen LogP contribution in [0.25, 0.3) is 0 Å². The van der Waals surface area contributed by atoms with E-state index in [1.54, 1.807) is 28.4 Å². The summed E-state index contributed by atoms with van der Waals surface area (Å²) in [6.45, 7) is 6.25. The van der Waals surface area contributed by atoms with Gasteiger partial charge in [0.25, 0.3) is 0 Å². The zero-order chi connectivity index (χ0) is 12.9. The Labute approximate surface area is 101 Å². The SMILES string of the molecule is C=CCC.COCCC[Si](OC)(OC)OC. The van der Waals surface area contributed by atoms with Crippen LogP contribution in [0, 0.1) is 0 Å². The van der Waals surface area contributed by atoms with Crippen molar-refractivity contribution in [3.63, 3.8) is 0 Å². The molecule has 0 N–H and O–H groups in total. The highest BCUT2D eigenvalue weighted by molar-refractivity contribution is 6.60. The largest absolute Gasteiger partial charge is 0.500 e. The summed E-state index contributed by atoms with van der Waals surface area (Å²) < 4.78 is 20.6. The van der Waals surface area contributed by atoms with Gasteiger partial charge in [-0.25, -0.2) is 0 Å². The molecule has 16 heavy (non-hydrogen) atoms. The summed E-state index contributed by atoms with van der Waals surface area (Å²) in [5.41, 5.74) is 0. The van der Waals surface area contributed by atoms with Gasteiger partial charge in [0.2, 0.25) is 0 Å². The molecule has 0 aromatic heterocycles. The number of methoxy groups -OCH3 is 1. The molecule has 0 bridgehead atoms. The summed E-state index contributed by atoms with van der Waals surface area (Å²) in [4.78, 5) is 0. The minimum Gasteiger partial charge on any atom is -0.385 e. The first-order valence-corrected chi connectivity index (χ1v) is 7.34. The van der Waals surface area contributed by atoms with E-state index < -0.39 is 8.80 Å². The van der Waals surface area contributed by atoms with E-state index in [1.807, 2.05) is 6.08 Å². The number of ether oxygens (including phenoxy) is 1. The van der Waals surface area contributed by atoms with Gasteiger partial charge in [-0.15, -0.1) is 6.58 Å². The second-order valence-corrected chi connectivity index (χ2v) is 6.18. The summed E-state index contributed by atoms with van der Waals surface area (Å²) in [5, 5.41) is 0. The van der Waals surface area contributed by atoms with Crippen LogP contribution in [0.3, 0.4) is 0 Å². The molecule has 0 saturated heterocycles. The lowest BCUT2D eigenvalue weighted by molar-refractivity contribution is 0.117. The van der Waals surface area contributed by atoms with Gasteiger partial charge in [-0.3, -0.25) is 0 Å². The predicted molar refractivity (Wildman–Crippen MR) is 68.6 cm³/mol. The molecular weight excluding hydrogens is 224 g/mol. The maximum atomic E-state index is 5.22. The van der Waals surface area contributed by atoms with Crippen LogP contribution in [-0.2, 0) is 18.0 Å². The topological polar surface area (TPSA) is 36.9 Å². The third kappa shape index (κ3) is 9.05. The van der Waals surface area contributed by atoms with E-state index >= 15 is 0 Å². The van der Waals surface area contributed by atoms with Gasteiger partial charge in [-0.1, -0.05) is 13.0 Å². The molecular formula is C11H26O4Si. The van der Waals surface area contributed by atoms with E-state index in [-0.39, 0.29) is 0 Å². The van der Waals surface area contributed by atoms with Crippen molar-refractivity contribution in [2.75, 3.05) is 35.0 Å². The van der Waals surface area contributed by atoms with Gasteiger partial charge in [0.1, 0.15) is 0 Å². The lowest BCUT2D eigenvalue weighted by atomic mass is 10.5. The molecule has 4 nitrogen and oxygen atoms in total. The summed E-state index contributed by atoms with van der Waals surface area (Å²) >= 11 is 0. The predicted octanol–water partition coefficient (Wildman–Crippen LogP) is 2.48. The van der Waals surface area contributed by atoms with Gasteiger partial charge in [-0.05, 0) is 12.8 Å². The van der Waals surface area contributed by atoms with Gasteiger partial charge in [0.05, 0.1) is 0 Å². The Kier molecular flexibility index (Phi) is 14.6. The first kappa shape index (κ1) is 18.2. The summed E-state index contributed by atoms with van der Waals surface area (Å²) in [6.07, 6.45) is 3.86. The minimum absolute atomic E-state index is 0.713. The fraction of sp³-hybridized carbons (Fsp3) is 0.818. The number of hydrogen-bond acceptors (Lipinski definition) is 4. The standard InChI is InChI=1S/C7H18O4Si.C4H8/c1-8-6-5-7-12(9-2,10-3)11-4;1-3-4-2/h5-7H2,1-4H3;3H,1,4H2,2H3. The van der Waals surface area contributed by atoms with Crippen LogP contribution >= 0.6 is 0 Å². The first-order valence-electron chi connectivity index (χ1n) is 5.41. The first-order chi connectivity index (χ1) is 7.66. The zero-order valence-electron chi connectivity index (χ0n) is 11.2. The summed E-state index contributed by atoms with van der Waals surface area (Å²) in [5.74, 6) is 0. The fourth-order valence-electron chi connectivity index (χ4n) is 0.989. The molecule has 98 valence electrons. The second kappa shape index (κ2) is 12.9. The Hall–Kier alpha value is -0.203. The van der Waals surface area contributed by atoms with Gasteiger partial charge >= 0.3 is 8.80 Å². The molecule has 0 rings (SSSR count). The van der Waals surface area contributed by atoms with Crippen molar-refractivity contribution in [3.05, 3.63) is 12.7 Å². The Bertz CT molecular complexity index is 141. The Morgan fingerprint density at radius 3 is 1.75 bits per heavy atom. The highest BCUT2D eigenvalue weighted by atomic mass is 28.4. The number of hydrogen-bond donors (Lipinski definition) is 0. The molecule has 0 aromatic rings. The van der Waals surface area contributed by atoms with E-state index in [0.717, 1.165) is 18.9 Å². The molecule has 0 heterocycles. The highest BCUT2D eigenvalue weighted by Crippen LogP contribution is 2.14. The molecule has 0 saturated carbocycles.